The van der Waals surface area contributed by atoms with Gasteiger partial charge in [0.2, 0.25) is 0 Å². The molecule has 0 aliphatic carbocycles. The molecule has 0 amide bonds. The van der Waals surface area contributed by atoms with Gasteiger partial charge >= 0.3 is 6.18 Å². The van der Waals surface area contributed by atoms with Crippen LogP contribution in [0.2, 0.25) is 0 Å². The molecule has 1 N–H and O–H groups in total. The highest BCUT2D eigenvalue weighted by Gasteiger charge is 2.37. The second-order valence-corrected chi connectivity index (χ2v) is 3.66. The van der Waals surface area contributed by atoms with E-state index in [1.54, 1.807) is 19.2 Å². The third-order valence-electron chi connectivity index (χ3n) is 2.57. The van der Waals surface area contributed by atoms with E-state index in [4.69, 9.17) is 7.85 Å². The van der Waals surface area contributed by atoms with E-state index in [1.165, 1.54) is 11.4 Å². The molecule has 2 heterocycles. The largest absolute Gasteiger partial charge is 0.435 e. The van der Waals surface area contributed by atoms with E-state index in [2.05, 4.69) is 10.4 Å². The first-order valence-electron chi connectivity index (χ1n) is 4.89. The minimum Gasteiger partial charge on any atom is -0.373 e. The molecule has 3 nitrogen and oxygen atoms in total. The molecule has 0 spiro atoms. The Bertz CT molecular complexity index is 574. The summed E-state index contributed by atoms with van der Waals surface area (Å²) in [6.07, 6.45) is -4.48. The second-order valence-electron chi connectivity index (χ2n) is 3.66. The second kappa shape index (κ2) is 3.68. The smallest absolute Gasteiger partial charge is 0.373 e. The van der Waals surface area contributed by atoms with Crippen molar-refractivity contribution >= 4 is 24.6 Å². The van der Waals surface area contributed by atoms with Gasteiger partial charge in [0.05, 0.1) is 5.52 Å². The summed E-state index contributed by atoms with van der Waals surface area (Å²) in [5.74, 6) is 0.452. The number of hydrogen-bond donors (Lipinski definition) is 1. The SMILES string of the molecule is [B]c1ccc(NC)n2nc(C(F)(F)F)c(C)c12. The Morgan fingerprint density at radius 3 is 2.53 bits per heavy atom. The average molecular weight is 239 g/mol. The predicted octanol–water partition coefficient (Wildman–Crippen LogP) is 1.50. The van der Waals surface area contributed by atoms with Crippen molar-refractivity contribution in [1.29, 1.82) is 0 Å². The first-order chi connectivity index (χ1) is 7.86. The number of hydrogen-bond acceptors (Lipinski definition) is 2. The minimum atomic E-state index is -4.48. The quantitative estimate of drug-likeness (QED) is 0.764. The molecule has 2 radical (unpaired) electrons. The molecule has 0 fully saturated rings. The molecular weight excluding hydrogens is 230 g/mol. The van der Waals surface area contributed by atoms with Gasteiger partial charge in [-0.2, -0.15) is 18.3 Å². The van der Waals surface area contributed by atoms with Gasteiger partial charge < -0.3 is 5.32 Å². The van der Waals surface area contributed by atoms with Crippen LogP contribution in [-0.4, -0.2) is 24.5 Å². The predicted molar refractivity (Wildman–Crippen MR) is 59.9 cm³/mol. The van der Waals surface area contributed by atoms with E-state index in [1.807, 2.05) is 0 Å². The average Bonchev–Trinajstić information content (AvgIpc) is 2.58. The van der Waals surface area contributed by atoms with Crippen molar-refractivity contribution < 1.29 is 13.2 Å². The summed E-state index contributed by atoms with van der Waals surface area (Å²) in [4.78, 5) is 0. The van der Waals surface area contributed by atoms with E-state index in [0.717, 1.165) is 0 Å². The summed E-state index contributed by atoms with van der Waals surface area (Å²) in [7, 11) is 7.29. The van der Waals surface area contributed by atoms with Crippen molar-refractivity contribution in [3.63, 3.8) is 0 Å². The van der Waals surface area contributed by atoms with E-state index in [-0.39, 0.29) is 16.5 Å². The maximum atomic E-state index is 12.7. The van der Waals surface area contributed by atoms with Crippen molar-refractivity contribution in [2.24, 2.45) is 0 Å². The van der Waals surface area contributed by atoms with E-state index < -0.39 is 11.9 Å². The number of halogens is 3. The molecular formula is C10H9BF3N3. The Hall–Kier alpha value is -1.66. The van der Waals surface area contributed by atoms with Crippen LogP contribution in [0.3, 0.4) is 0 Å². The van der Waals surface area contributed by atoms with Gasteiger partial charge in [-0.3, -0.25) is 0 Å². The van der Waals surface area contributed by atoms with Crippen molar-refractivity contribution in [3.05, 3.63) is 23.4 Å². The number of aromatic nitrogens is 2. The van der Waals surface area contributed by atoms with Crippen LogP contribution in [0.25, 0.3) is 5.52 Å². The van der Waals surface area contributed by atoms with Crippen LogP contribution < -0.4 is 10.8 Å². The Balaban J connectivity index is 2.85. The number of fused-ring (bicyclic) bond motifs is 1. The highest BCUT2D eigenvalue weighted by Crippen LogP contribution is 2.32. The van der Waals surface area contributed by atoms with Crippen LogP contribution in [0.1, 0.15) is 11.3 Å². The van der Waals surface area contributed by atoms with Crippen molar-refractivity contribution in [2.75, 3.05) is 12.4 Å². The lowest BCUT2D eigenvalue weighted by molar-refractivity contribution is -0.141. The molecule has 0 unspecified atom stereocenters. The standard InChI is InChI=1S/C10H9BF3N3/c1-5-8-6(11)3-4-7(15-2)17(8)16-9(5)10(12,13)14/h3-4,15H,1-2H3. The molecule has 17 heavy (non-hydrogen) atoms. The number of nitrogens with one attached hydrogen (secondary N) is 1. The summed E-state index contributed by atoms with van der Waals surface area (Å²) >= 11 is 0. The first kappa shape index (κ1) is 11.8. The van der Waals surface area contributed by atoms with Crippen LogP contribution in [0.4, 0.5) is 19.0 Å². The molecule has 7 heteroatoms. The normalized spacial score (nSPS) is 12.1. The zero-order chi connectivity index (χ0) is 12.8. The van der Waals surface area contributed by atoms with Gasteiger partial charge in [-0.15, -0.1) is 0 Å². The number of alkyl halides is 3. The Labute approximate surface area is 97.0 Å². The molecule has 0 aromatic carbocycles. The number of nitrogens with zero attached hydrogens (tertiary/aromatic N) is 2. The van der Waals surface area contributed by atoms with Gasteiger partial charge in [-0.05, 0) is 13.0 Å². The fraction of sp³-hybridized carbons (Fsp3) is 0.300. The summed E-state index contributed by atoms with van der Waals surface area (Å²) in [5, 5.41) is 6.33. The van der Waals surface area contributed by atoms with Gasteiger partial charge in [0.15, 0.2) is 5.69 Å². The van der Waals surface area contributed by atoms with E-state index >= 15 is 0 Å². The number of rotatable bonds is 1. The van der Waals surface area contributed by atoms with Crippen LogP contribution in [0.5, 0.6) is 0 Å². The Kier molecular flexibility index (Phi) is 2.56. The molecule has 0 saturated heterocycles. The zero-order valence-electron chi connectivity index (χ0n) is 9.26. The fourth-order valence-corrected chi connectivity index (χ4v) is 1.79. The third-order valence-corrected chi connectivity index (χ3v) is 2.57. The third kappa shape index (κ3) is 1.75. The van der Waals surface area contributed by atoms with Crippen LogP contribution >= 0.6 is 0 Å². The molecule has 0 bridgehead atoms. The summed E-state index contributed by atoms with van der Waals surface area (Å²) in [6, 6.07) is 3.13. The zero-order valence-corrected chi connectivity index (χ0v) is 9.26. The monoisotopic (exact) mass is 239 g/mol. The van der Waals surface area contributed by atoms with Crippen LogP contribution in [0.15, 0.2) is 12.1 Å². The molecule has 0 aliphatic heterocycles. The topological polar surface area (TPSA) is 29.3 Å². The maximum Gasteiger partial charge on any atom is 0.435 e. The molecule has 2 aromatic heterocycles. The molecule has 2 aromatic rings. The molecule has 88 valence electrons. The summed E-state index contributed by atoms with van der Waals surface area (Å²) in [5.41, 5.74) is -0.326. The van der Waals surface area contributed by atoms with Gasteiger partial charge in [-0.25, -0.2) is 4.52 Å². The molecule has 0 aliphatic rings. The highest BCUT2D eigenvalue weighted by atomic mass is 19.4. The number of anilines is 1. The van der Waals surface area contributed by atoms with E-state index in [9.17, 15) is 13.2 Å². The minimum absolute atomic E-state index is 0.0344. The lowest BCUT2D eigenvalue weighted by Crippen LogP contribution is -2.10. The van der Waals surface area contributed by atoms with Crippen LogP contribution in [-0.2, 0) is 6.18 Å². The first-order valence-corrected chi connectivity index (χ1v) is 4.89. The van der Waals surface area contributed by atoms with Gasteiger partial charge in [0, 0.05) is 12.6 Å². The summed E-state index contributed by atoms with van der Waals surface area (Å²) < 4.78 is 39.3. The van der Waals surface area contributed by atoms with Crippen molar-refractivity contribution in [2.45, 2.75) is 13.1 Å². The lowest BCUT2D eigenvalue weighted by Gasteiger charge is -2.06. The van der Waals surface area contributed by atoms with Gasteiger partial charge in [-0.1, -0.05) is 11.5 Å². The van der Waals surface area contributed by atoms with Crippen molar-refractivity contribution in [3.8, 4) is 0 Å². The number of pyridine rings is 1. The van der Waals surface area contributed by atoms with Gasteiger partial charge in [0.25, 0.3) is 0 Å². The Morgan fingerprint density at radius 2 is 2.00 bits per heavy atom. The number of aryl methyl sites for hydroxylation is 1. The fourth-order valence-electron chi connectivity index (χ4n) is 1.79. The maximum absolute atomic E-state index is 12.7. The summed E-state index contributed by atoms with van der Waals surface area (Å²) in [6.45, 7) is 1.36. The van der Waals surface area contributed by atoms with Crippen LogP contribution in [0, 0.1) is 6.92 Å². The lowest BCUT2D eigenvalue weighted by atomic mass is 9.94. The molecule has 2 rings (SSSR count). The Morgan fingerprint density at radius 1 is 1.35 bits per heavy atom. The van der Waals surface area contributed by atoms with Gasteiger partial charge in [0.1, 0.15) is 13.7 Å². The molecule has 0 saturated carbocycles. The molecule has 0 atom stereocenters. The van der Waals surface area contributed by atoms with E-state index in [0.29, 0.717) is 5.82 Å². The highest BCUT2D eigenvalue weighted by molar-refractivity contribution is 6.37. The van der Waals surface area contributed by atoms with Crippen molar-refractivity contribution in [1.82, 2.24) is 9.61 Å².